The number of aromatic nitrogens is 4. The van der Waals surface area contributed by atoms with Gasteiger partial charge in [-0.25, -0.2) is 0 Å². The van der Waals surface area contributed by atoms with Gasteiger partial charge in [0.1, 0.15) is 23.3 Å². The van der Waals surface area contributed by atoms with Crippen LogP contribution in [0.5, 0.6) is 0 Å². The smallest absolute Gasteiger partial charge is 0.343 e. The van der Waals surface area contributed by atoms with Gasteiger partial charge in [0.25, 0.3) is 0 Å². The third-order valence-electron chi connectivity index (χ3n) is 3.55. The largest absolute Gasteiger partial charge is 0.416 e. The average Bonchev–Trinajstić information content (AvgIpc) is 3.31. The zero-order valence-electron chi connectivity index (χ0n) is 12.6. The zero-order chi connectivity index (χ0) is 16.2. The van der Waals surface area contributed by atoms with Crippen molar-refractivity contribution in [3.8, 4) is 0 Å². The number of amidine groups is 1. The Labute approximate surface area is 136 Å². The van der Waals surface area contributed by atoms with E-state index in [-0.39, 0.29) is 0 Å². The molecule has 0 saturated heterocycles. The maximum absolute atomic E-state index is 3.93. The molecule has 24 heavy (non-hydrogen) atoms. The first-order valence-electron chi connectivity index (χ1n) is 7.30. The van der Waals surface area contributed by atoms with Crippen LogP contribution in [0.3, 0.4) is 0 Å². The summed E-state index contributed by atoms with van der Waals surface area (Å²) >= 11 is 0. The van der Waals surface area contributed by atoms with E-state index < -0.39 is 0 Å². The number of H-pyrrole nitrogens is 2. The van der Waals surface area contributed by atoms with Crippen LogP contribution in [0.15, 0.2) is 75.8 Å². The van der Waals surface area contributed by atoms with Gasteiger partial charge in [0.15, 0.2) is 5.21 Å². The topological polar surface area (TPSA) is 113 Å². The number of rotatable bonds is 4. The molecule has 10 nitrogen and oxygen atoms in total. The highest BCUT2D eigenvalue weighted by molar-refractivity contribution is 5.79. The lowest BCUT2D eigenvalue weighted by Crippen LogP contribution is -2.20. The number of tetrazole rings is 1. The van der Waals surface area contributed by atoms with E-state index in [9.17, 15) is 0 Å². The molecule has 0 fully saturated rings. The number of aromatic amines is 2. The summed E-state index contributed by atoms with van der Waals surface area (Å²) < 4.78 is 0. The molecule has 0 atom stereocenters. The summed E-state index contributed by atoms with van der Waals surface area (Å²) in [7, 11) is 0. The monoisotopic (exact) mass is 322 g/mol. The normalized spacial score (nSPS) is 18.2. The number of hydrogen-bond acceptors (Lipinski definition) is 7. The van der Waals surface area contributed by atoms with Crippen molar-refractivity contribution in [3.05, 3.63) is 66.1 Å². The minimum Gasteiger partial charge on any atom is -0.343 e. The highest BCUT2D eigenvalue weighted by atomic mass is 15.5. The SMILES string of the molecule is C1=CN(CC2=[N+]=NN=N2)C=CC1=C1C=CN(Cc2nn[nH][nH+]2)C=C1. The minimum absolute atomic E-state index is 0.552. The molecule has 0 radical (unpaired) electrons. The molecule has 3 aliphatic rings. The van der Waals surface area contributed by atoms with Crippen LogP contribution in [0.25, 0.3) is 0 Å². The maximum Gasteiger partial charge on any atom is 0.416 e. The predicted molar refractivity (Wildman–Crippen MR) is 81.3 cm³/mol. The fourth-order valence-electron chi connectivity index (χ4n) is 2.34. The zero-order valence-corrected chi connectivity index (χ0v) is 12.6. The van der Waals surface area contributed by atoms with Gasteiger partial charge in [-0.2, -0.15) is 5.10 Å². The fourth-order valence-corrected chi connectivity index (χ4v) is 2.34. The first-order chi connectivity index (χ1) is 11.9. The lowest BCUT2D eigenvalue weighted by atomic mass is 10.0. The third-order valence-corrected chi connectivity index (χ3v) is 3.55. The van der Waals surface area contributed by atoms with Gasteiger partial charge >= 0.3 is 11.7 Å². The van der Waals surface area contributed by atoms with Crippen LogP contribution in [-0.2, 0) is 6.54 Å². The Morgan fingerprint density at radius 1 is 0.958 bits per heavy atom. The van der Waals surface area contributed by atoms with Crippen LogP contribution >= 0.6 is 0 Å². The second-order valence-corrected chi connectivity index (χ2v) is 5.20. The molecule has 0 saturated carbocycles. The summed E-state index contributed by atoms with van der Waals surface area (Å²) in [4.78, 5) is 7.82. The van der Waals surface area contributed by atoms with Gasteiger partial charge in [-0.05, 0) is 35.5 Å². The molecule has 0 amide bonds. The summed E-state index contributed by atoms with van der Waals surface area (Å²) in [5.74, 6) is 1.37. The molecule has 0 bridgehead atoms. The van der Waals surface area contributed by atoms with Gasteiger partial charge in [0, 0.05) is 24.8 Å². The third kappa shape index (κ3) is 3.08. The fraction of sp³-hybridized carbons (Fsp3) is 0.143. The summed E-state index contributed by atoms with van der Waals surface area (Å²) in [5, 5.41) is 23.8. The Balaban J connectivity index is 1.40. The van der Waals surface area contributed by atoms with E-state index in [2.05, 4.69) is 65.3 Å². The van der Waals surface area contributed by atoms with Crippen molar-refractivity contribution in [3.63, 3.8) is 0 Å². The van der Waals surface area contributed by atoms with Gasteiger partial charge in [-0.3, -0.25) is 0 Å². The number of allylic oxidation sites excluding steroid dienone is 6. The van der Waals surface area contributed by atoms with Crippen LogP contribution in [0.2, 0.25) is 0 Å². The lowest BCUT2D eigenvalue weighted by molar-refractivity contribution is -0.467. The van der Waals surface area contributed by atoms with Gasteiger partial charge in [-0.1, -0.05) is 5.21 Å². The van der Waals surface area contributed by atoms with Crippen LogP contribution < -0.4 is 5.10 Å². The Bertz CT molecular complexity index is 829. The Kier molecular flexibility index (Phi) is 3.63. The van der Waals surface area contributed by atoms with Crippen molar-refractivity contribution in [1.29, 1.82) is 0 Å². The van der Waals surface area contributed by atoms with E-state index >= 15 is 0 Å². The standard InChI is InChI=1S/C14H13N10/c1-5-23(9-13-15-19-20-16-13)6-2-11(1)12-3-7-24(8-4-12)10-14-17-21-22-18-14/h1-8H,9-10H2,(H,15,16,19,20)/q+1/p+1. The minimum atomic E-state index is 0.552. The van der Waals surface area contributed by atoms with Crippen molar-refractivity contribution < 1.29 is 9.89 Å². The van der Waals surface area contributed by atoms with Crippen molar-refractivity contribution in [1.82, 2.24) is 25.3 Å². The van der Waals surface area contributed by atoms with E-state index in [1.54, 1.807) is 0 Å². The van der Waals surface area contributed by atoms with E-state index in [0.29, 0.717) is 18.9 Å². The average molecular weight is 322 g/mol. The molecule has 0 aromatic carbocycles. The van der Waals surface area contributed by atoms with Gasteiger partial charge < -0.3 is 9.80 Å². The molecule has 0 unspecified atom stereocenters. The van der Waals surface area contributed by atoms with E-state index in [0.717, 1.165) is 17.0 Å². The van der Waals surface area contributed by atoms with Crippen molar-refractivity contribution in [2.24, 2.45) is 15.6 Å². The maximum atomic E-state index is 3.93. The Morgan fingerprint density at radius 2 is 1.62 bits per heavy atom. The van der Waals surface area contributed by atoms with E-state index in [4.69, 9.17) is 0 Å². The van der Waals surface area contributed by atoms with E-state index in [1.165, 1.54) is 0 Å². The molecule has 10 heteroatoms. The molecule has 1 aromatic rings. The van der Waals surface area contributed by atoms with Crippen molar-refractivity contribution in [2.45, 2.75) is 6.54 Å². The Morgan fingerprint density at radius 3 is 2.17 bits per heavy atom. The molecule has 1 aromatic heterocycles. The number of hydrogen-bond donors (Lipinski definition) is 1. The van der Waals surface area contributed by atoms with Gasteiger partial charge in [0.05, 0.1) is 0 Å². The molecule has 118 valence electrons. The van der Waals surface area contributed by atoms with Crippen molar-refractivity contribution >= 4 is 5.84 Å². The first kappa shape index (κ1) is 14.0. The summed E-state index contributed by atoms with van der Waals surface area (Å²) in [6, 6.07) is 0. The van der Waals surface area contributed by atoms with Crippen molar-refractivity contribution in [2.75, 3.05) is 6.54 Å². The lowest BCUT2D eigenvalue weighted by Gasteiger charge is -2.19. The van der Waals surface area contributed by atoms with Crippen LogP contribution in [-0.4, -0.2) is 42.5 Å². The molecule has 4 heterocycles. The second-order valence-electron chi connectivity index (χ2n) is 5.20. The number of nitrogens with zero attached hydrogens (tertiary/aromatic N) is 8. The summed E-state index contributed by atoms with van der Waals surface area (Å²) in [6.45, 7) is 1.18. The number of nitrogens with one attached hydrogen (secondary N) is 2. The van der Waals surface area contributed by atoms with Crippen LogP contribution in [0, 0.1) is 0 Å². The predicted octanol–water partition coefficient (Wildman–Crippen LogP) is 0.541. The molecule has 3 aliphatic heterocycles. The quantitative estimate of drug-likeness (QED) is 0.815. The summed E-state index contributed by atoms with van der Waals surface area (Å²) in [5.41, 5.74) is 2.27. The van der Waals surface area contributed by atoms with Crippen LogP contribution in [0.4, 0.5) is 0 Å². The molecular formula is C14H14N10+2. The summed E-state index contributed by atoms with van der Waals surface area (Å²) in [6.07, 6.45) is 16.2. The first-order valence-corrected chi connectivity index (χ1v) is 7.30. The van der Waals surface area contributed by atoms with E-state index in [1.807, 2.05) is 34.6 Å². The van der Waals surface area contributed by atoms with Crippen LogP contribution in [0.1, 0.15) is 5.82 Å². The highest BCUT2D eigenvalue weighted by Gasteiger charge is 2.17. The Hall–Kier alpha value is -3.65. The molecule has 4 rings (SSSR count). The second kappa shape index (κ2) is 6.23. The van der Waals surface area contributed by atoms with Gasteiger partial charge in [-0.15, -0.1) is 4.79 Å². The highest BCUT2D eigenvalue weighted by Crippen LogP contribution is 2.20. The molecule has 2 N–H and O–H groups in total. The molecule has 0 aliphatic carbocycles. The van der Waals surface area contributed by atoms with Gasteiger partial charge in [0.2, 0.25) is 10.4 Å². The molecule has 0 spiro atoms. The molecular weight excluding hydrogens is 308 g/mol.